The van der Waals surface area contributed by atoms with Crippen molar-refractivity contribution in [3.63, 3.8) is 0 Å². The maximum Gasteiger partial charge on any atom is 0.174 e. The monoisotopic (exact) mass is 545 g/mol. The molecule has 0 unspecified atom stereocenters. The van der Waals surface area contributed by atoms with Crippen LogP contribution in [0.4, 0.5) is 5.69 Å². The SMILES string of the molecule is Cc1ccnc(-n2c(C)cc([C@H]3[C@H](c4ccccn4)NC(=S)N3c3ccc(Oc4ccccc4C)cc3)c2C)c1. The van der Waals surface area contributed by atoms with E-state index in [1.807, 2.05) is 73.9 Å². The first-order valence-corrected chi connectivity index (χ1v) is 13.8. The smallest absolute Gasteiger partial charge is 0.174 e. The number of pyridine rings is 2. The molecule has 0 aliphatic carbocycles. The summed E-state index contributed by atoms with van der Waals surface area (Å²) in [5.41, 5.74) is 7.59. The lowest BCUT2D eigenvalue weighted by Crippen LogP contribution is -2.29. The second-order valence-corrected chi connectivity index (χ2v) is 10.6. The molecular weight excluding hydrogens is 514 g/mol. The Kier molecular flexibility index (Phi) is 6.82. The lowest BCUT2D eigenvalue weighted by atomic mass is 9.96. The Labute approximate surface area is 240 Å². The van der Waals surface area contributed by atoms with Crippen molar-refractivity contribution >= 4 is 23.0 Å². The van der Waals surface area contributed by atoms with Crippen LogP contribution in [0.5, 0.6) is 11.5 Å². The molecule has 1 N–H and O–H groups in total. The molecule has 1 saturated heterocycles. The number of rotatable bonds is 6. The zero-order chi connectivity index (χ0) is 27.8. The van der Waals surface area contributed by atoms with Gasteiger partial charge in [-0.25, -0.2) is 4.98 Å². The van der Waals surface area contributed by atoms with Crippen LogP contribution in [-0.2, 0) is 0 Å². The summed E-state index contributed by atoms with van der Waals surface area (Å²) in [7, 11) is 0. The zero-order valence-corrected chi connectivity index (χ0v) is 23.8. The van der Waals surface area contributed by atoms with E-state index in [2.05, 4.69) is 70.9 Å². The standard InChI is InChI=1S/C33H31N5OS/c1-21-16-18-35-30(19-21)37-23(3)20-27(24(37)4)32-31(28-10-7-8-17-34-28)36-33(40)38(32)25-12-14-26(15-13-25)39-29-11-6-5-9-22(29)2/h5-20,31-32H,1-4H3,(H,36,40)/t31-,32-/m0/s1. The van der Waals surface area contributed by atoms with Crippen molar-refractivity contribution in [3.8, 4) is 17.3 Å². The summed E-state index contributed by atoms with van der Waals surface area (Å²) < 4.78 is 8.38. The molecule has 6 rings (SSSR count). The fourth-order valence-corrected chi connectivity index (χ4v) is 5.85. The zero-order valence-electron chi connectivity index (χ0n) is 23.0. The largest absolute Gasteiger partial charge is 0.457 e. The fraction of sp³-hybridized carbons (Fsp3) is 0.182. The van der Waals surface area contributed by atoms with Crippen molar-refractivity contribution in [1.82, 2.24) is 19.9 Å². The molecule has 0 bridgehead atoms. The summed E-state index contributed by atoms with van der Waals surface area (Å²) in [6, 6.07) is 28.3. The Bertz CT molecular complexity index is 1680. The molecule has 2 aromatic carbocycles. The first-order chi connectivity index (χ1) is 19.4. The van der Waals surface area contributed by atoms with Crippen molar-refractivity contribution in [2.24, 2.45) is 0 Å². The quantitative estimate of drug-likeness (QED) is 0.223. The number of ether oxygens (including phenoxy) is 1. The Hall–Kier alpha value is -4.49. The normalized spacial score (nSPS) is 16.7. The van der Waals surface area contributed by atoms with E-state index in [1.165, 1.54) is 11.1 Å². The van der Waals surface area contributed by atoms with Gasteiger partial charge >= 0.3 is 0 Å². The van der Waals surface area contributed by atoms with Crippen LogP contribution < -0.4 is 15.0 Å². The Balaban J connectivity index is 1.42. The Morgan fingerprint density at radius 2 is 1.60 bits per heavy atom. The first kappa shape index (κ1) is 25.8. The third-order valence-corrected chi connectivity index (χ3v) is 7.77. The van der Waals surface area contributed by atoms with E-state index >= 15 is 0 Å². The maximum absolute atomic E-state index is 6.17. The van der Waals surface area contributed by atoms with E-state index in [1.54, 1.807) is 0 Å². The minimum Gasteiger partial charge on any atom is -0.457 e. The van der Waals surface area contributed by atoms with Crippen LogP contribution in [-0.4, -0.2) is 19.6 Å². The average Bonchev–Trinajstić information content (AvgIpc) is 3.45. The van der Waals surface area contributed by atoms with Gasteiger partial charge in [-0.15, -0.1) is 0 Å². The molecular formula is C33H31N5OS. The fourth-order valence-electron chi connectivity index (χ4n) is 5.50. The van der Waals surface area contributed by atoms with Gasteiger partial charge in [0.05, 0.1) is 17.8 Å². The van der Waals surface area contributed by atoms with Gasteiger partial charge in [0.2, 0.25) is 0 Å². The molecule has 6 nitrogen and oxygen atoms in total. The van der Waals surface area contributed by atoms with Gasteiger partial charge in [0.15, 0.2) is 5.11 Å². The molecule has 2 atom stereocenters. The molecule has 0 spiro atoms. The number of aryl methyl sites for hydroxylation is 3. The molecule has 0 saturated carbocycles. The molecule has 1 fully saturated rings. The molecule has 4 heterocycles. The maximum atomic E-state index is 6.17. The summed E-state index contributed by atoms with van der Waals surface area (Å²) in [5.74, 6) is 2.53. The van der Waals surface area contributed by atoms with Crippen LogP contribution >= 0.6 is 12.2 Å². The van der Waals surface area contributed by atoms with Gasteiger partial charge in [-0.1, -0.05) is 24.3 Å². The number of thiocarbonyl (C=S) groups is 1. The molecule has 5 aromatic rings. The molecule has 0 amide bonds. The van der Waals surface area contributed by atoms with Gasteiger partial charge in [0.1, 0.15) is 17.3 Å². The second-order valence-electron chi connectivity index (χ2n) is 10.2. The molecule has 1 aliphatic rings. The Morgan fingerprint density at radius 3 is 2.33 bits per heavy atom. The topological polar surface area (TPSA) is 55.2 Å². The lowest BCUT2D eigenvalue weighted by molar-refractivity contribution is 0.479. The first-order valence-electron chi connectivity index (χ1n) is 13.4. The van der Waals surface area contributed by atoms with Crippen LogP contribution in [0.3, 0.4) is 0 Å². The van der Waals surface area contributed by atoms with Crippen molar-refractivity contribution in [2.75, 3.05) is 4.90 Å². The number of aromatic nitrogens is 3. The number of nitrogens with zero attached hydrogens (tertiary/aromatic N) is 4. The second kappa shape index (κ2) is 10.6. The van der Waals surface area contributed by atoms with E-state index in [9.17, 15) is 0 Å². The van der Waals surface area contributed by atoms with Crippen molar-refractivity contribution in [1.29, 1.82) is 0 Å². The highest BCUT2D eigenvalue weighted by Crippen LogP contribution is 2.44. The van der Waals surface area contributed by atoms with Crippen LogP contribution in [0.15, 0.2) is 97.3 Å². The summed E-state index contributed by atoms with van der Waals surface area (Å²) >= 11 is 5.96. The summed E-state index contributed by atoms with van der Waals surface area (Å²) in [6.45, 7) is 8.41. The van der Waals surface area contributed by atoms with E-state index in [4.69, 9.17) is 21.9 Å². The number of anilines is 1. The average molecular weight is 546 g/mol. The molecule has 7 heteroatoms. The van der Waals surface area contributed by atoms with E-state index in [-0.39, 0.29) is 12.1 Å². The van der Waals surface area contributed by atoms with E-state index in [0.29, 0.717) is 5.11 Å². The van der Waals surface area contributed by atoms with E-state index in [0.717, 1.165) is 45.6 Å². The van der Waals surface area contributed by atoms with Crippen LogP contribution in [0.25, 0.3) is 5.82 Å². The van der Waals surface area contributed by atoms with Crippen molar-refractivity contribution in [2.45, 2.75) is 39.8 Å². The number of hydrogen-bond donors (Lipinski definition) is 1. The summed E-state index contributed by atoms with van der Waals surface area (Å²) in [6.07, 6.45) is 3.69. The third kappa shape index (κ3) is 4.73. The molecule has 3 aromatic heterocycles. The van der Waals surface area contributed by atoms with Crippen molar-refractivity contribution in [3.05, 3.63) is 131 Å². The number of benzene rings is 2. The Morgan fingerprint density at radius 1 is 0.825 bits per heavy atom. The predicted molar refractivity (Wildman–Crippen MR) is 163 cm³/mol. The van der Waals surface area contributed by atoms with Crippen LogP contribution in [0, 0.1) is 27.7 Å². The lowest BCUT2D eigenvalue weighted by Gasteiger charge is -2.28. The van der Waals surface area contributed by atoms with Gasteiger partial charge in [0, 0.05) is 29.5 Å². The highest BCUT2D eigenvalue weighted by Gasteiger charge is 2.42. The van der Waals surface area contributed by atoms with Gasteiger partial charge < -0.3 is 19.5 Å². The molecule has 0 radical (unpaired) electrons. The summed E-state index contributed by atoms with van der Waals surface area (Å²) in [4.78, 5) is 11.6. The highest BCUT2D eigenvalue weighted by molar-refractivity contribution is 7.80. The third-order valence-electron chi connectivity index (χ3n) is 7.45. The summed E-state index contributed by atoms with van der Waals surface area (Å²) in [5, 5.41) is 4.23. The molecule has 200 valence electrons. The predicted octanol–water partition coefficient (Wildman–Crippen LogP) is 7.47. The number of nitrogens with one attached hydrogen (secondary N) is 1. The molecule has 1 aliphatic heterocycles. The van der Waals surface area contributed by atoms with Crippen LogP contribution in [0.2, 0.25) is 0 Å². The minimum atomic E-state index is -0.129. The van der Waals surface area contributed by atoms with Gasteiger partial charge in [-0.05, 0) is 117 Å². The minimum absolute atomic E-state index is 0.115. The highest BCUT2D eigenvalue weighted by atomic mass is 32.1. The molecule has 40 heavy (non-hydrogen) atoms. The van der Waals surface area contributed by atoms with Gasteiger partial charge in [-0.3, -0.25) is 4.98 Å². The number of para-hydroxylation sites is 1. The van der Waals surface area contributed by atoms with Gasteiger partial charge in [0.25, 0.3) is 0 Å². The number of hydrogen-bond acceptors (Lipinski definition) is 4. The van der Waals surface area contributed by atoms with E-state index < -0.39 is 0 Å². The van der Waals surface area contributed by atoms with Crippen molar-refractivity contribution < 1.29 is 4.74 Å². The van der Waals surface area contributed by atoms with Gasteiger partial charge in [-0.2, -0.15) is 0 Å². The van der Waals surface area contributed by atoms with Crippen LogP contribution in [0.1, 0.15) is 45.9 Å².